The zero-order valence-electron chi connectivity index (χ0n) is 29.7. The van der Waals surface area contributed by atoms with Gasteiger partial charge < -0.3 is 4.74 Å². The first-order valence-electron chi connectivity index (χ1n) is 18.8. The van der Waals surface area contributed by atoms with Crippen molar-refractivity contribution in [2.75, 3.05) is 0 Å². The normalized spacial score (nSPS) is 13.8. The predicted molar refractivity (Wildman–Crippen MR) is 188 cm³/mol. The highest BCUT2D eigenvalue weighted by atomic mass is 16.5. The van der Waals surface area contributed by atoms with Crippen LogP contribution in [0.25, 0.3) is 0 Å². The van der Waals surface area contributed by atoms with Crippen LogP contribution in [0.2, 0.25) is 0 Å². The molecule has 2 atom stereocenters. The van der Waals surface area contributed by atoms with Crippen molar-refractivity contribution in [3.63, 3.8) is 0 Å². The molecule has 0 rings (SSSR count). The molecule has 0 aromatic heterocycles. The molecule has 0 bridgehead atoms. The minimum absolute atomic E-state index is 0.0750. The highest BCUT2D eigenvalue weighted by Crippen LogP contribution is 2.28. The second-order valence-electron chi connectivity index (χ2n) is 14.3. The Kier molecular flexibility index (Phi) is 29.2. The Hall–Kier alpha value is -1.05. The second-order valence-corrected chi connectivity index (χ2v) is 14.3. The first-order valence-corrected chi connectivity index (χ1v) is 18.8. The molecule has 0 aliphatic carbocycles. The summed E-state index contributed by atoms with van der Waals surface area (Å²) in [6.07, 6.45) is 41.3. The van der Waals surface area contributed by atoms with E-state index >= 15 is 0 Å². The van der Waals surface area contributed by atoms with Crippen LogP contribution >= 0.6 is 0 Å². The first-order chi connectivity index (χ1) is 20.3. The number of allylic oxidation sites excluding steroid dienone is 4. The third kappa shape index (κ3) is 29.0. The molecule has 0 radical (unpaired) electrons. The number of unbranched alkanes of at least 4 members (excludes halogenated alkanes) is 17. The van der Waals surface area contributed by atoms with Crippen LogP contribution in [0.5, 0.6) is 0 Å². The lowest BCUT2D eigenvalue weighted by molar-refractivity contribution is -0.156. The summed E-state index contributed by atoms with van der Waals surface area (Å²) < 4.78 is 6.31. The molecule has 42 heavy (non-hydrogen) atoms. The van der Waals surface area contributed by atoms with E-state index in [1.54, 1.807) is 0 Å². The third-order valence-electron chi connectivity index (χ3n) is 8.50. The van der Waals surface area contributed by atoms with Crippen molar-refractivity contribution in [3.8, 4) is 0 Å². The quantitative estimate of drug-likeness (QED) is 0.0474. The van der Waals surface area contributed by atoms with Crippen molar-refractivity contribution in [3.05, 3.63) is 24.3 Å². The van der Waals surface area contributed by atoms with Gasteiger partial charge in [0.25, 0.3) is 0 Å². The maximum atomic E-state index is 13.4. The number of rotatable bonds is 30. The van der Waals surface area contributed by atoms with Crippen molar-refractivity contribution in [1.29, 1.82) is 0 Å². The number of carbonyl (C=O) groups excluding carboxylic acids is 1. The summed E-state index contributed by atoms with van der Waals surface area (Å²) >= 11 is 0. The number of esters is 1. The summed E-state index contributed by atoms with van der Waals surface area (Å²) in [5, 5.41) is 0. The molecule has 0 N–H and O–H groups in total. The zero-order chi connectivity index (χ0) is 31.2. The molecule has 0 saturated carbocycles. The van der Waals surface area contributed by atoms with Crippen molar-refractivity contribution >= 4 is 5.97 Å². The van der Waals surface area contributed by atoms with E-state index in [2.05, 4.69) is 65.8 Å². The molecule has 0 heterocycles. The van der Waals surface area contributed by atoms with Gasteiger partial charge in [-0.1, -0.05) is 169 Å². The average Bonchev–Trinajstić information content (AvgIpc) is 2.94. The molecule has 0 aromatic rings. The van der Waals surface area contributed by atoms with E-state index in [0.717, 1.165) is 32.1 Å². The van der Waals surface area contributed by atoms with E-state index in [9.17, 15) is 4.79 Å². The van der Waals surface area contributed by atoms with Crippen LogP contribution in [-0.2, 0) is 9.53 Å². The van der Waals surface area contributed by atoms with E-state index in [1.165, 1.54) is 135 Å². The summed E-state index contributed by atoms with van der Waals surface area (Å²) in [7, 11) is 0. The summed E-state index contributed by atoms with van der Waals surface area (Å²) in [5.41, 5.74) is 0.180. The number of hydrogen-bond acceptors (Lipinski definition) is 2. The summed E-state index contributed by atoms with van der Waals surface area (Å²) in [6, 6.07) is 0. The lowest BCUT2D eigenvalue weighted by Crippen LogP contribution is -2.28. The highest BCUT2D eigenvalue weighted by molar-refractivity contribution is 5.72. The minimum Gasteiger partial charge on any atom is -0.462 e. The van der Waals surface area contributed by atoms with Gasteiger partial charge in [0.1, 0.15) is 6.10 Å². The Bertz CT molecular complexity index is 626. The lowest BCUT2D eigenvalue weighted by atomic mass is 9.87. The Balaban J connectivity index is 4.40. The SMILES string of the molecule is CCCCC/C=C\C/C=C\CCCCCCCCC(CC(C)(C)C)OC(=O)C(CCCCCC)CCCCCCCC. The van der Waals surface area contributed by atoms with Crippen LogP contribution in [0.3, 0.4) is 0 Å². The Morgan fingerprint density at radius 3 is 1.48 bits per heavy atom. The van der Waals surface area contributed by atoms with Crippen LogP contribution in [0.15, 0.2) is 24.3 Å². The third-order valence-corrected chi connectivity index (χ3v) is 8.50. The number of hydrogen-bond donors (Lipinski definition) is 0. The molecule has 0 fully saturated rings. The fourth-order valence-corrected chi connectivity index (χ4v) is 5.87. The van der Waals surface area contributed by atoms with Crippen LogP contribution in [0, 0.1) is 11.3 Å². The standard InChI is InChI=1S/C40H76O2/c1-7-10-13-16-18-19-20-21-22-23-24-25-26-27-29-32-35-38(36-40(4,5)6)42-39(41)37(33-30-15-12-9-3)34-31-28-17-14-11-8-2/h18-19,21-22,37-38H,7-17,20,23-36H2,1-6H3/b19-18-,22-21-. The van der Waals surface area contributed by atoms with Crippen LogP contribution < -0.4 is 0 Å². The van der Waals surface area contributed by atoms with E-state index in [-0.39, 0.29) is 23.4 Å². The van der Waals surface area contributed by atoms with E-state index in [4.69, 9.17) is 4.74 Å². The smallest absolute Gasteiger partial charge is 0.309 e. The fraction of sp³-hybridized carbons (Fsp3) is 0.875. The summed E-state index contributed by atoms with van der Waals surface area (Å²) in [4.78, 5) is 13.4. The van der Waals surface area contributed by atoms with Crippen LogP contribution in [0.1, 0.15) is 208 Å². The van der Waals surface area contributed by atoms with Gasteiger partial charge in [0.15, 0.2) is 0 Å². The molecule has 248 valence electrons. The molecule has 2 heteroatoms. The monoisotopic (exact) mass is 589 g/mol. The average molecular weight is 589 g/mol. The molecule has 0 saturated heterocycles. The van der Waals surface area contributed by atoms with Gasteiger partial charge in [-0.15, -0.1) is 0 Å². The van der Waals surface area contributed by atoms with Gasteiger partial charge in [0.05, 0.1) is 5.92 Å². The van der Waals surface area contributed by atoms with Gasteiger partial charge in [-0.2, -0.15) is 0 Å². The van der Waals surface area contributed by atoms with E-state index in [1.807, 2.05) is 0 Å². The van der Waals surface area contributed by atoms with Gasteiger partial charge in [-0.05, 0) is 69.6 Å². The first kappa shape index (κ1) is 41.0. The number of carbonyl (C=O) groups is 1. The lowest BCUT2D eigenvalue weighted by Gasteiger charge is -2.28. The van der Waals surface area contributed by atoms with E-state index in [0.29, 0.717) is 0 Å². The largest absolute Gasteiger partial charge is 0.462 e. The van der Waals surface area contributed by atoms with Gasteiger partial charge >= 0.3 is 5.97 Å². The van der Waals surface area contributed by atoms with Crippen molar-refractivity contribution in [2.24, 2.45) is 11.3 Å². The van der Waals surface area contributed by atoms with E-state index < -0.39 is 0 Å². The molecule has 0 aromatic carbocycles. The fourth-order valence-electron chi connectivity index (χ4n) is 5.87. The molecule has 2 unspecified atom stereocenters. The molecular formula is C40H76O2. The predicted octanol–water partition coefficient (Wildman–Crippen LogP) is 13.9. The van der Waals surface area contributed by atoms with Gasteiger partial charge in [0, 0.05) is 0 Å². The Labute approximate surface area is 265 Å². The maximum Gasteiger partial charge on any atom is 0.309 e. The zero-order valence-corrected chi connectivity index (χ0v) is 29.7. The van der Waals surface area contributed by atoms with Crippen molar-refractivity contribution < 1.29 is 9.53 Å². The Morgan fingerprint density at radius 1 is 0.548 bits per heavy atom. The van der Waals surface area contributed by atoms with Gasteiger partial charge in [-0.25, -0.2) is 0 Å². The highest BCUT2D eigenvalue weighted by Gasteiger charge is 2.26. The second kappa shape index (κ2) is 30.0. The minimum atomic E-state index is 0.0750. The topological polar surface area (TPSA) is 26.3 Å². The summed E-state index contributed by atoms with van der Waals surface area (Å²) in [6.45, 7) is 13.6. The van der Waals surface area contributed by atoms with Crippen LogP contribution in [0.4, 0.5) is 0 Å². The molecule has 0 aliphatic heterocycles. The molecule has 2 nitrogen and oxygen atoms in total. The van der Waals surface area contributed by atoms with Crippen molar-refractivity contribution in [2.45, 2.75) is 215 Å². The van der Waals surface area contributed by atoms with Crippen molar-refractivity contribution in [1.82, 2.24) is 0 Å². The Morgan fingerprint density at radius 2 is 0.952 bits per heavy atom. The molecule has 0 aliphatic rings. The van der Waals surface area contributed by atoms with Gasteiger partial charge in [0.2, 0.25) is 0 Å². The molecule has 0 amide bonds. The van der Waals surface area contributed by atoms with Gasteiger partial charge in [-0.3, -0.25) is 4.79 Å². The molecular weight excluding hydrogens is 512 g/mol. The molecule has 0 spiro atoms. The summed E-state index contributed by atoms with van der Waals surface area (Å²) in [5.74, 6) is 0.209. The number of ether oxygens (including phenoxy) is 1. The maximum absolute atomic E-state index is 13.4. The van der Waals surface area contributed by atoms with Crippen LogP contribution in [-0.4, -0.2) is 12.1 Å².